The van der Waals surface area contributed by atoms with E-state index in [2.05, 4.69) is 10.6 Å². The van der Waals surface area contributed by atoms with Gasteiger partial charge in [0, 0.05) is 6.42 Å². The van der Waals surface area contributed by atoms with E-state index in [9.17, 15) is 24.3 Å². The van der Waals surface area contributed by atoms with Crippen LogP contribution in [0.1, 0.15) is 53.4 Å². The van der Waals surface area contributed by atoms with E-state index in [1.165, 1.54) is 0 Å². The van der Waals surface area contributed by atoms with E-state index in [-0.39, 0.29) is 31.1 Å². The topological polar surface area (TPSA) is 159 Å². The minimum atomic E-state index is -1.14. The molecule has 0 saturated heterocycles. The average Bonchev–Trinajstić information content (AvgIpc) is 2.49. The fourth-order valence-corrected chi connectivity index (χ4v) is 2.36. The van der Waals surface area contributed by atoms with Crippen molar-refractivity contribution in [3.63, 3.8) is 0 Å². The van der Waals surface area contributed by atoms with E-state index in [0.29, 0.717) is 6.42 Å². The van der Waals surface area contributed by atoms with Gasteiger partial charge in [0.2, 0.25) is 11.8 Å². The number of aliphatic carboxylic acids is 2. The largest absolute Gasteiger partial charge is 0.481 e. The van der Waals surface area contributed by atoms with Crippen molar-refractivity contribution < 1.29 is 29.4 Å². The maximum absolute atomic E-state index is 12.5. The Kier molecular flexibility index (Phi) is 10.5. The summed E-state index contributed by atoms with van der Waals surface area (Å²) in [5, 5.41) is 22.9. The van der Waals surface area contributed by atoms with Crippen LogP contribution in [0, 0.1) is 11.8 Å². The van der Waals surface area contributed by atoms with Crippen LogP contribution in [0.25, 0.3) is 0 Å². The molecule has 0 aromatic carbocycles. The van der Waals surface area contributed by atoms with Crippen molar-refractivity contribution in [2.24, 2.45) is 17.6 Å². The Labute approximate surface area is 153 Å². The molecule has 0 rings (SSSR count). The number of hydrogen-bond acceptors (Lipinski definition) is 5. The minimum Gasteiger partial charge on any atom is -0.481 e. The highest BCUT2D eigenvalue weighted by Crippen LogP contribution is 2.09. The normalized spacial score (nSPS) is 14.6. The lowest BCUT2D eigenvalue weighted by molar-refractivity contribution is -0.142. The van der Waals surface area contributed by atoms with E-state index in [1.54, 1.807) is 0 Å². The predicted octanol–water partition coefficient (Wildman–Crippen LogP) is 0.325. The number of carbonyl (C=O) groups is 4. The third-order valence-corrected chi connectivity index (χ3v) is 3.67. The molecule has 0 unspecified atom stereocenters. The van der Waals surface area contributed by atoms with E-state index < -0.39 is 41.9 Å². The number of nitrogens with one attached hydrogen (secondary N) is 2. The van der Waals surface area contributed by atoms with E-state index >= 15 is 0 Å². The molecule has 0 radical (unpaired) electrons. The Hall–Kier alpha value is -2.16. The number of carboxylic acid groups (broad SMARTS) is 2. The van der Waals surface area contributed by atoms with Gasteiger partial charge in [-0.2, -0.15) is 0 Å². The lowest BCUT2D eigenvalue weighted by atomic mass is 10.00. The van der Waals surface area contributed by atoms with Crippen LogP contribution in [-0.4, -0.2) is 52.1 Å². The molecule has 9 heteroatoms. The molecule has 0 spiro atoms. The highest BCUT2D eigenvalue weighted by Gasteiger charge is 2.28. The first-order chi connectivity index (χ1) is 11.9. The van der Waals surface area contributed by atoms with Crippen LogP contribution in [0.3, 0.4) is 0 Å². The van der Waals surface area contributed by atoms with Crippen LogP contribution >= 0.6 is 0 Å². The molecule has 0 aliphatic rings. The van der Waals surface area contributed by atoms with Crippen LogP contribution in [0.15, 0.2) is 0 Å². The van der Waals surface area contributed by atoms with Crippen molar-refractivity contribution >= 4 is 23.8 Å². The second-order valence-corrected chi connectivity index (χ2v) is 7.26. The zero-order valence-corrected chi connectivity index (χ0v) is 15.8. The number of hydrogen-bond donors (Lipinski definition) is 5. The molecule has 0 bridgehead atoms. The molecule has 0 fully saturated rings. The van der Waals surface area contributed by atoms with Gasteiger partial charge < -0.3 is 26.6 Å². The van der Waals surface area contributed by atoms with Gasteiger partial charge in [-0.15, -0.1) is 0 Å². The average molecular weight is 373 g/mol. The zero-order valence-electron chi connectivity index (χ0n) is 15.8. The summed E-state index contributed by atoms with van der Waals surface area (Å²) in [6.07, 6.45) is 0.256. The van der Waals surface area contributed by atoms with Crippen LogP contribution in [0.5, 0.6) is 0 Å². The maximum Gasteiger partial charge on any atom is 0.326 e. The molecule has 0 heterocycles. The van der Waals surface area contributed by atoms with Gasteiger partial charge in [0.1, 0.15) is 12.1 Å². The van der Waals surface area contributed by atoms with Crippen molar-refractivity contribution in [1.82, 2.24) is 10.6 Å². The molecule has 2 amide bonds. The van der Waals surface area contributed by atoms with E-state index in [0.717, 1.165) is 0 Å². The van der Waals surface area contributed by atoms with Crippen molar-refractivity contribution in [3.05, 3.63) is 0 Å². The molecular formula is C17H31N3O6. The van der Waals surface area contributed by atoms with Crippen LogP contribution < -0.4 is 16.4 Å². The summed E-state index contributed by atoms with van der Waals surface area (Å²) in [4.78, 5) is 46.5. The first-order valence-corrected chi connectivity index (χ1v) is 8.74. The molecular weight excluding hydrogens is 342 g/mol. The van der Waals surface area contributed by atoms with Crippen molar-refractivity contribution in [2.75, 3.05) is 0 Å². The van der Waals surface area contributed by atoms with E-state index in [4.69, 9.17) is 10.8 Å². The lowest BCUT2D eigenvalue weighted by Gasteiger charge is -2.24. The summed E-state index contributed by atoms with van der Waals surface area (Å²) in [6.45, 7) is 7.41. The first kappa shape index (κ1) is 23.8. The molecule has 9 nitrogen and oxygen atoms in total. The Morgan fingerprint density at radius 3 is 1.73 bits per heavy atom. The van der Waals surface area contributed by atoms with Gasteiger partial charge in [-0.25, -0.2) is 4.79 Å². The fraction of sp³-hybridized carbons (Fsp3) is 0.765. The van der Waals surface area contributed by atoms with Gasteiger partial charge in [-0.3, -0.25) is 14.4 Å². The second kappa shape index (κ2) is 11.5. The van der Waals surface area contributed by atoms with Gasteiger partial charge in [0.15, 0.2) is 0 Å². The highest BCUT2D eigenvalue weighted by atomic mass is 16.4. The zero-order chi connectivity index (χ0) is 20.4. The van der Waals surface area contributed by atoms with Gasteiger partial charge in [-0.05, 0) is 31.1 Å². The summed E-state index contributed by atoms with van der Waals surface area (Å²) < 4.78 is 0. The number of rotatable bonds is 12. The molecule has 0 aliphatic carbocycles. The third kappa shape index (κ3) is 9.97. The van der Waals surface area contributed by atoms with Crippen molar-refractivity contribution in [2.45, 2.75) is 71.5 Å². The number of carbonyl (C=O) groups excluding carboxylic acids is 2. The Morgan fingerprint density at radius 2 is 1.31 bits per heavy atom. The summed E-state index contributed by atoms with van der Waals surface area (Å²) >= 11 is 0. The Balaban J connectivity index is 5.00. The van der Waals surface area contributed by atoms with E-state index in [1.807, 2.05) is 27.7 Å². The van der Waals surface area contributed by atoms with Crippen molar-refractivity contribution in [1.29, 1.82) is 0 Å². The van der Waals surface area contributed by atoms with Crippen LogP contribution in [-0.2, 0) is 19.2 Å². The van der Waals surface area contributed by atoms with Gasteiger partial charge in [0.05, 0.1) is 6.04 Å². The molecule has 0 saturated carbocycles. The summed E-state index contributed by atoms with van der Waals surface area (Å²) in [7, 11) is 0. The Morgan fingerprint density at radius 1 is 0.846 bits per heavy atom. The third-order valence-electron chi connectivity index (χ3n) is 3.67. The van der Waals surface area contributed by atoms with Gasteiger partial charge in [-0.1, -0.05) is 27.7 Å². The monoisotopic (exact) mass is 373 g/mol. The molecule has 150 valence electrons. The Bertz CT molecular complexity index is 507. The summed E-state index contributed by atoms with van der Waals surface area (Å²) in [5.41, 5.74) is 5.66. The highest BCUT2D eigenvalue weighted by molar-refractivity contribution is 5.91. The van der Waals surface area contributed by atoms with Crippen LogP contribution in [0.4, 0.5) is 0 Å². The van der Waals surface area contributed by atoms with Crippen molar-refractivity contribution in [3.8, 4) is 0 Å². The predicted molar refractivity (Wildman–Crippen MR) is 95.3 cm³/mol. The standard InChI is InChI=1S/C17H31N3O6/c1-9(2)7-12(19-15(23)11(18)5-6-14(21)22)16(24)20-13(17(25)26)8-10(3)4/h9-13H,5-8,18H2,1-4H3,(H,19,23)(H,20,24)(H,21,22)(H,25,26)/t11-,12-,13+/m0/s1. The number of nitrogens with two attached hydrogens (primary N) is 1. The molecule has 0 aromatic rings. The molecule has 6 N–H and O–H groups in total. The van der Waals surface area contributed by atoms with Crippen LogP contribution in [0.2, 0.25) is 0 Å². The first-order valence-electron chi connectivity index (χ1n) is 8.74. The fourth-order valence-electron chi connectivity index (χ4n) is 2.36. The summed E-state index contributed by atoms with van der Waals surface area (Å²) in [5.74, 6) is -3.30. The molecule has 0 aromatic heterocycles. The SMILES string of the molecule is CC(C)C[C@H](NC(=O)[C@@H](N)CCC(=O)O)C(=O)N[C@H](CC(C)C)C(=O)O. The number of amides is 2. The maximum atomic E-state index is 12.5. The minimum absolute atomic E-state index is 0.0533. The lowest BCUT2D eigenvalue weighted by Crippen LogP contribution is -2.55. The number of carboxylic acids is 2. The molecule has 26 heavy (non-hydrogen) atoms. The second-order valence-electron chi connectivity index (χ2n) is 7.26. The van der Waals surface area contributed by atoms with Gasteiger partial charge in [0.25, 0.3) is 0 Å². The van der Waals surface area contributed by atoms with Gasteiger partial charge >= 0.3 is 11.9 Å². The summed E-state index contributed by atoms with van der Waals surface area (Å²) in [6, 6.07) is -3.04. The molecule has 0 aliphatic heterocycles. The quantitative estimate of drug-likeness (QED) is 0.329. The molecule has 3 atom stereocenters. The smallest absolute Gasteiger partial charge is 0.326 e.